The van der Waals surface area contributed by atoms with Crippen molar-refractivity contribution < 1.29 is 18.0 Å². The lowest BCUT2D eigenvalue weighted by Crippen LogP contribution is -2.44. The fourth-order valence-electron chi connectivity index (χ4n) is 2.86. The Balaban J connectivity index is 2.02. The molecule has 8 nitrogen and oxygen atoms in total. The molecule has 1 saturated heterocycles. The van der Waals surface area contributed by atoms with Gasteiger partial charge in [-0.3, -0.25) is 4.79 Å². The second kappa shape index (κ2) is 8.30. The number of hydrogen-bond acceptors (Lipinski definition) is 4. The van der Waals surface area contributed by atoms with Gasteiger partial charge in [0.15, 0.2) is 0 Å². The van der Waals surface area contributed by atoms with Gasteiger partial charge < -0.3 is 16.4 Å². The van der Waals surface area contributed by atoms with Gasteiger partial charge in [0.1, 0.15) is 0 Å². The Morgan fingerprint density at radius 3 is 2.60 bits per heavy atom. The Morgan fingerprint density at radius 1 is 1.28 bits per heavy atom. The van der Waals surface area contributed by atoms with Crippen molar-refractivity contribution in [2.24, 2.45) is 11.7 Å². The molecule has 1 aromatic carbocycles. The summed E-state index contributed by atoms with van der Waals surface area (Å²) in [5, 5.41) is 5.22. The molecular formula is C16H24N4O4S. The van der Waals surface area contributed by atoms with Crippen LogP contribution in [0, 0.1) is 5.92 Å². The van der Waals surface area contributed by atoms with E-state index in [4.69, 9.17) is 5.73 Å². The van der Waals surface area contributed by atoms with E-state index in [9.17, 15) is 18.0 Å². The van der Waals surface area contributed by atoms with Crippen LogP contribution in [-0.2, 0) is 14.8 Å². The number of benzene rings is 1. The normalized spacial score (nSPS) is 18.5. The Morgan fingerprint density at radius 2 is 1.96 bits per heavy atom. The van der Waals surface area contributed by atoms with E-state index in [1.807, 2.05) is 6.92 Å². The summed E-state index contributed by atoms with van der Waals surface area (Å²) in [7, 11) is -3.30. The fraction of sp³-hybridized carbons (Fsp3) is 0.500. The molecule has 0 spiro atoms. The van der Waals surface area contributed by atoms with Crippen molar-refractivity contribution in [3.63, 3.8) is 0 Å². The third kappa shape index (κ3) is 5.43. The van der Waals surface area contributed by atoms with Gasteiger partial charge in [-0.05, 0) is 37.5 Å². The number of amides is 3. The highest BCUT2D eigenvalue weighted by Gasteiger charge is 2.31. The van der Waals surface area contributed by atoms with Crippen molar-refractivity contribution in [2.75, 3.05) is 29.5 Å². The standard InChI is InChI=1S/C16H24N4O4S/c1-2-9-25(23,24)20-8-4-5-12(11-20)15(21)18-13-6-3-7-14(10-13)19-16(17)22/h3,6-7,10,12H,2,4-5,8-9,11H2,1H3,(H,18,21)(H3,17,19,22). The summed E-state index contributed by atoms with van der Waals surface area (Å²) in [6, 6.07) is 5.93. The number of anilines is 2. The van der Waals surface area contributed by atoms with Crippen molar-refractivity contribution in [1.82, 2.24) is 4.31 Å². The minimum Gasteiger partial charge on any atom is -0.351 e. The molecule has 1 aromatic rings. The number of carbonyl (C=O) groups is 2. The molecule has 0 aromatic heterocycles. The van der Waals surface area contributed by atoms with E-state index >= 15 is 0 Å². The van der Waals surface area contributed by atoms with Crippen LogP contribution >= 0.6 is 0 Å². The summed E-state index contributed by atoms with van der Waals surface area (Å²) in [6.07, 6.45) is 1.85. The molecule has 0 bridgehead atoms. The minimum atomic E-state index is -3.30. The molecule has 1 aliphatic rings. The van der Waals surface area contributed by atoms with Crippen LogP contribution in [0.1, 0.15) is 26.2 Å². The third-order valence-electron chi connectivity index (χ3n) is 4.01. The van der Waals surface area contributed by atoms with Gasteiger partial charge in [-0.1, -0.05) is 13.0 Å². The summed E-state index contributed by atoms with van der Waals surface area (Å²) in [4.78, 5) is 23.4. The lowest BCUT2D eigenvalue weighted by molar-refractivity contribution is -0.120. The highest BCUT2D eigenvalue weighted by atomic mass is 32.2. The van der Waals surface area contributed by atoms with Crippen molar-refractivity contribution in [2.45, 2.75) is 26.2 Å². The number of rotatable bonds is 6. The number of nitrogens with zero attached hydrogens (tertiary/aromatic N) is 1. The van der Waals surface area contributed by atoms with E-state index in [1.54, 1.807) is 24.3 Å². The molecule has 0 radical (unpaired) electrons. The van der Waals surface area contributed by atoms with E-state index in [0.29, 0.717) is 37.2 Å². The maximum Gasteiger partial charge on any atom is 0.316 e. The summed E-state index contributed by atoms with van der Waals surface area (Å²) < 4.78 is 25.8. The molecule has 4 N–H and O–H groups in total. The molecule has 2 rings (SSSR count). The number of primary amides is 1. The van der Waals surface area contributed by atoms with Gasteiger partial charge in [0.05, 0.1) is 11.7 Å². The molecule has 25 heavy (non-hydrogen) atoms. The average Bonchev–Trinajstić information content (AvgIpc) is 2.54. The van der Waals surface area contributed by atoms with Gasteiger partial charge in [-0.25, -0.2) is 17.5 Å². The van der Waals surface area contributed by atoms with Gasteiger partial charge in [-0.2, -0.15) is 0 Å². The lowest BCUT2D eigenvalue weighted by atomic mass is 9.98. The van der Waals surface area contributed by atoms with Crippen LogP contribution in [0.2, 0.25) is 0 Å². The average molecular weight is 368 g/mol. The molecule has 1 aliphatic heterocycles. The van der Waals surface area contributed by atoms with Crippen LogP contribution in [0.15, 0.2) is 24.3 Å². The SMILES string of the molecule is CCCS(=O)(=O)N1CCCC(C(=O)Nc2cccc(NC(N)=O)c2)C1. The molecule has 0 saturated carbocycles. The largest absolute Gasteiger partial charge is 0.351 e. The number of nitrogens with one attached hydrogen (secondary N) is 2. The van der Waals surface area contributed by atoms with Crippen molar-refractivity contribution in [3.8, 4) is 0 Å². The zero-order valence-corrected chi connectivity index (χ0v) is 15.0. The highest BCUT2D eigenvalue weighted by Crippen LogP contribution is 2.22. The third-order valence-corrected chi connectivity index (χ3v) is 6.05. The topological polar surface area (TPSA) is 122 Å². The van der Waals surface area contributed by atoms with Gasteiger partial charge in [0.25, 0.3) is 0 Å². The molecule has 138 valence electrons. The van der Waals surface area contributed by atoms with Crippen molar-refractivity contribution in [3.05, 3.63) is 24.3 Å². The predicted octanol–water partition coefficient (Wildman–Crippen LogP) is 1.57. The van der Waals surface area contributed by atoms with E-state index in [1.165, 1.54) is 4.31 Å². The zero-order valence-electron chi connectivity index (χ0n) is 14.2. The summed E-state index contributed by atoms with van der Waals surface area (Å²) in [5.74, 6) is -0.525. The van der Waals surface area contributed by atoms with Crippen molar-refractivity contribution >= 4 is 33.3 Å². The van der Waals surface area contributed by atoms with E-state index in [0.717, 1.165) is 0 Å². The minimum absolute atomic E-state index is 0.0994. The van der Waals surface area contributed by atoms with E-state index < -0.39 is 22.0 Å². The number of urea groups is 1. The first-order chi connectivity index (χ1) is 11.8. The van der Waals surface area contributed by atoms with Gasteiger partial charge in [0, 0.05) is 24.5 Å². The monoisotopic (exact) mass is 368 g/mol. The van der Waals surface area contributed by atoms with Crippen molar-refractivity contribution in [1.29, 1.82) is 0 Å². The first-order valence-electron chi connectivity index (χ1n) is 8.27. The number of sulfonamides is 1. The van der Waals surface area contributed by atoms with Crippen LogP contribution in [0.4, 0.5) is 16.2 Å². The molecule has 3 amide bonds. The van der Waals surface area contributed by atoms with Crippen LogP contribution in [0.3, 0.4) is 0 Å². The summed E-state index contributed by atoms with van der Waals surface area (Å²) >= 11 is 0. The first kappa shape index (κ1) is 19.2. The maximum atomic E-state index is 12.5. The molecule has 0 aliphatic carbocycles. The van der Waals surface area contributed by atoms with Crippen LogP contribution in [-0.4, -0.2) is 43.5 Å². The number of nitrogens with two attached hydrogens (primary N) is 1. The van der Waals surface area contributed by atoms with E-state index in [-0.39, 0.29) is 18.2 Å². The Hall–Kier alpha value is -2.13. The molecule has 1 unspecified atom stereocenters. The Kier molecular flexibility index (Phi) is 6.38. The number of hydrogen-bond donors (Lipinski definition) is 3. The Bertz CT molecular complexity index is 735. The van der Waals surface area contributed by atoms with Gasteiger partial charge in [-0.15, -0.1) is 0 Å². The van der Waals surface area contributed by atoms with Gasteiger partial charge in [0.2, 0.25) is 15.9 Å². The molecule has 1 atom stereocenters. The molecule has 1 fully saturated rings. The number of piperidine rings is 1. The second-order valence-electron chi connectivity index (χ2n) is 6.07. The lowest BCUT2D eigenvalue weighted by Gasteiger charge is -2.31. The number of carbonyl (C=O) groups excluding carboxylic acids is 2. The zero-order chi connectivity index (χ0) is 18.4. The second-order valence-corrected chi connectivity index (χ2v) is 8.16. The molecular weight excluding hydrogens is 344 g/mol. The van der Waals surface area contributed by atoms with Crippen LogP contribution in [0.25, 0.3) is 0 Å². The quantitative estimate of drug-likeness (QED) is 0.705. The smallest absolute Gasteiger partial charge is 0.316 e. The van der Waals surface area contributed by atoms with Gasteiger partial charge >= 0.3 is 6.03 Å². The predicted molar refractivity (Wildman–Crippen MR) is 96.7 cm³/mol. The Labute approximate surface area is 147 Å². The fourth-order valence-corrected chi connectivity index (χ4v) is 4.45. The van der Waals surface area contributed by atoms with Crippen LogP contribution < -0.4 is 16.4 Å². The molecule has 9 heteroatoms. The molecule has 1 heterocycles. The van der Waals surface area contributed by atoms with E-state index in [2.05, 4.69) is 10.6 Å². The maximum absolute atomic E-state index is 12.5. The first-order valence-corrected chi connectivity index (χ1v) is 9.88. The summed E-state index contributed by atoms with van der Waals surface area (Å²) in [6.45, 7) is 2.48. The summed E-state index contributed by atoms with van der Waals surface area (Å²) in [5.41, 5.74) is 6.07. The van der Waals surface area contributed by atoms with Crippen LogP contribution in [0.5, 0.6) is 0 Å². The highest BCUT2D eigenvalue weighted by molar-refractivity contribution is 7.89.